The molecule has 0 amide bonds. The molecule has 134 valence electrons. The second-order valence-electron chi connectivity index (χ2n) is 5.51. The predicted octanol–water partition coefficient (Wildman–Crippen LogP) is 1.67. The van der Waals surface area contributed by atoms with E-state index in [4.69, 9.17) is 14.6 Å². The Kier molecular flexibility index (Phi) is 7.58. The van der Waals surface area contributed by atoms with Crippen LogP contribution in [0.2, 0.25) is 0 Å². The first kappa shape index (κ1) is 18.6. The second-order valence-corrected chi connectivity index (χ2v) is 5.51. The van der Waals surface area contributed by atoms with Gasteiger partial charge < -0.3 is 20.5 Å². The van der Waals surface area contributed by atoms with Gasteiger partial charge in [-0.2, -0.15) is 4.98 Å². The normalized spacial score (nSPS) is 18.8. The minimum atomic E-state index is -0.250. The van der Waals surface area contributed by atoms with E-state index in [1.54, 1.807) is 6.20 Å². The van der Waals surface area contributed by atoms with Gasteiger partial charge in [0.05, 0.1) is 19.3 Å². The molecule has 0 unspecified atom stereocenters. The molecule has 0 bridgehead atoms. The number of aromatic nitrogens is 3. The van der Waals surface area contributed by atoms with E-state index in [2.05, 4.69) is 37.7 Å². The first-order valence-electron chi connectivity index (χ1n) is 8.14. The number of nitrogens with one attached hydrogen (secondary N) is 2. The van der Waals surface area contributed by atoms with Crippen LogP contribution in [0.25, 0.3) is 0 Å². The first-order chi connectivity index (χ1) is 12.3. The fourth-order valence-electron chi connectivity index (χ4n) is 2.65. The van der Waals surface area contributed by atoms with Gasteiger partial charge in [0.15, 0.2) is 0 Å². The number of carbonyl (C=O) groups is 1. The summed E-state index contributed by atoms with van der Waals surface area (Å²) >= 11 is 0. The minimum Gasteiger partial charge on any atom is -0.483 e. The topological polar surface area (TPSA) is 109 Å². The quantitative estimate of drug-likeness (QED) is 0.678. The molecule has 1 saturated heterocycles. The number of carboxylic acid groups (broad SMARTS) is 1. The highest BCUT2D eigenvalue weighted by Crippen LogP contribution is 2.21. The van der Waals surface area contributed by atoms with Gasteiger partial charge in [-0.05, 0) is 37.1 Å². The largest absolute Gasteiger partial charge is 0.483 e. The van der Waals surface area contributed by atoms with Gasteiger partial charge in [0.2, 0.25) is 5.95 Å². The van der Waals surface area contributed by atoms with Gasteiger partial charge in [0.1, 0.15) is 5.82 Å². The number of hydrogen-bond acceptors (Lipinski definition) is 7. The summed E-state index contributed by atoms with van der Waals surface area (Å²) in [6.07, 6.45) is 6.39. The average molecular weight is 345 g/mol. The molecule has 0 aliphatic carbocycles. The van der Waals surface area contributed by atoms with E-state index < -0.39 is 0 Å². The Balaban J connectivity index is 0.000000701. The summed E-state index contributed by atoms with van der Waals surface area (Å²) in [6.45, 7) is 4.08. The molecular weight excluding hydrogens is 322 g/mol. The summed E-state index contributed by atoms with van der Waals surface area (Å²) in [5.41, 5.74) is 1.28. The number of ether oxygens (including phenoxy) is 1. The van der Waals surface area contributed by atoms with E-state index in [-0.39, 0.29) is 12.5 Å². The molecule has 1 aliphatic heterocycles. The molecule has 3 N–H and O–H groups in total. The predicted molar refractivity (Wildman–Crippen MR) is 94.5 cm³/mol. The Hall–Kier alpha value is -2.74. The van der Waals surface area contributed by atoms with Crippen molar-refractivity contribution >= 4 is 18.2 Å². The summed E-state index contributed by atoms with van der Waals surface area (Å²) in [6, 6.07) is 6.20. The fraction of sp³-hybridized carbons (Fsp3) is 0.412. The van der Waals surface area contributed by atoms with Gasteiger partial charge in [-0.3, -0.25) is 9.78 Å². The molecule has 0 radical (unpaired) electrons. The van der Waals surface area contributed by atoms with Crippen molar-refractivity contribution in [2.75, 3.05) is 30.4 Å². The Labute approximate surface area is 146 Å². The van der Waals surface area contributed by atoms with Crippen LogP contribution in [0.5, 0.6) is 0 Å². The molecule has 2 atom stereocenters. The van der Waals surface area contributed by atoms with Crippen LogP contribution in [-0.4, -0.2) is 52.3 Å². The van der Waals surface area contributed by atoms with Gasteiger partial charge in [-0.25, -0.2) is 4.98 Å². The average Bonchev–Trinajstić information content (AvgIpc) is 3.04. The zero-order valence-corrected chi connectivity index (χ0v) is 14.1. The molecule has 3 rings (SSSR count). The van der Waals surface area contributed by atoms with Gasteiger partial charge in [0.25, 0.3) is 6.47 Å². The zero-order valence-electron chi connectivity index (χ0n) is 14.1. The summed E-state index contributed by atoms with van der Waals surface area (Å²) in [5.74, 6) is 1.90. The maximum absolute atomic E-state index is 8.36. The molecule has 1 fully saturated rings. The molecule has 2 aromatic heterocycles. The maximum atomic E-state index is 8.36. The standard InChI is InChI=1S/C16H21N5O.CH2O2/c1-2-18-15-5-8-19-16(21-15)20-14-11-22-10-13(14)9-12-3-6-17-7-4-12;2-1-3/h3-8,13-14H,2,9-11H2,1H3,(H2,18,19,20,21);1H,(H,2,3)/t13-,14-;/m1./s1. The molecule has 3 heterocycles. The van der Waals surface area contributed by atoms with Crippen molar-refractivity contribution in [3.8, 4) is 0 Å². The van der Waals surface area contributed by atoms with Crippen LogP contribution in [0.1, 0.15) is 12.5 Å². The fourth-order valence-corrected chi connectivity index (χ4v) is 2.65. The summed E-state index contributed by atoms with van der Waals surface area (Å²) in [4.78, 5) is 21.2. The summed E-state index contributed by atoms with van der Waals surface area (Å²) in [5, 5.41) is 13.5. The van der Waals surface area contributed by atoms with E-state index in [1.165, 1.54) is 5.56 Å². The molecular formula is C17H23N5O3. The van der Waals surface area contributed by atoms with E-state index in [1.807, 2.05) is 25.4 Å². The highest BCUT2D eigenvalue weighted by molar-refractivity contribution is 5.40. The Bertz CT molecular complexity index is 641. The van der Waals surface area contributed by atoms with Crippen LogP contribution < -0.4 is 10.6 Å². The van der Waals surface area contributed by atoms with Crippen molar-refractivity contribution in [3.05, 3.63) is 42.4 Å². The lowest BCUT2D eigenvalue weighted by Gasteiger charge is -2.19. The lowest BCUT2D eigenvalue weighted by Crippen LogP contribution is -2.30. The third-order valence-electron chi connectivity index (χ3n) is 3.77. The van der Waals surface area contributed by atoms with Crippen LogP contribution in [0.4, 0.5) is 11.8 Å². The van der Waals surface area contributed by atoms with Crippen molar-refractivity contribution in [1.29, 1.82) is 0 Å². The lowest BCUT2D eigenvalue weighted by atomic mass is 9.95. The highest BCUT2D eigenvalue weighted by atomic mass is 16.5. The van der Waals surface area contributed by atoms with E-state index in [9.17, 15) is 0 Å². The van der Waals surface area contributed by atoms with Crippen molar-refractivity contribution < 1.29 is 14.6 Å². The third kappa shape index (κ3) is 6.00. The number of rotatable bonds is 6. The molecule has 0 saturated carbocycles. The van der Waals surface area contributed by atoms with E-state index in [0.29, 0.717) is 18.5 Å². The zero-order chi connectivity index (χ0) is 17.9. The molecule has 25 heavy (non-hydrogen) atoms. The first-order valence-corrected chi connectivity index (χ1v) is 8.14. The molecule has 0 spiro atoms. The highest BCUT2D eigenvalue weighted by Gasteiger charge is 2.28. The number of hydrogen-bond donors (Lipinski definition) is 3. The Morgan fingerprint density at radius 2 is 2.04 bits per heavy atom. The minimum absolute atomic E-state index is 0.227. The summed E-state index contributed by atoms with van der Waals surface area (Å²) < 4.78 is 5.64. The SMILES string of the molecule is CCNc1ccnc(N[C@@H]2COC[C@H]2Cc2ccncc2)n1.O=CO. The Morgan fingerprint density at radius 1 is 1.28 bits per heavy atom. The number of pyridine rings is 1. The molecule has 8 heteroatoms. The van der Waals surface area contributed by atoms with Crippen LogP contribution in [0, 0.1) is 5.92 Å². The van der Waals surface area contributed by atoms with Gasteiger partial charge in [0, 0.05) is 31.1 Å². The van der Waals surface area contributed by atoms with Crippen molar-refractivity contribution in [2.24, 2.45) is 5.92 Å². The van der Waals surface area contributed by atoms with Crippen LogP contribution >= 0.6 is 0 Å². The van der Waals surface area contributed by atoms with Crippen molar-refractivity contribution in [2.45, 2.75) is 19.4 Å². The van der Waals surface area contributed by atoms with Crippen LogP contribution in [0.3, 0.4) is 0 Å². The molecule has 0 aromatic carbocycles. The molecule has 8 nitrogen and oxygen atoms in total. The second kappa shape index (κ2) is 10.2. The van der Waals surface area contributed by atoms with E-state index in [0.717, 1.165) is 25.4 Å². The smallest absolute Gasteiger partial charge is 0.290 e. The number of nitrogens with zero attached hydrogens (tertiary/aromatic N) is 3. The van der Waals surface area contributed by atoms with Gasteiger partial charge in [-0.1, -0.05) is 0 Å². The molecule has 1 aliphatic rings. The Morgan fingerprint density at radius 3 is 2.76 bits per heavy atom. The van der Waals surface area contributed by atoms with Gasteiger partial charge >= 0.3 is 0 Å². The van der Waals surface area contributed by atoms with Crippen LogP contribution in [0.15, 0.2) is 36.8 Å². The van der Waals surface area contributed by atoms with Crippen LogP contribution in [-0.2, 0) is 16.0 Å². The lowest BCUT2D eigenvalue weighted by molar-refractivity contribution is -0.122. The van der Waals surface area contributed by atoms with Gasteiger partial charge in [-0.15, -0.1) is 0 Å². The maximum Gasteiger partial charge on any atom is 0.290 e. The monoisotopic (exact) mass is 345 g/mol. The molecule has 2 aromatic rings. The number of anilines is 2. The third-order valence-corrected chi connectivity index (χ3v) is 3.77. The van der Waals surface area contributed by atoms with Crippen molar-refractivity contribution in [1.82, 2.24) is 15.0 Å². The van der Waals surface area contributed by atoms with Crippen molar-refractivity contribution in [3.63, 3.8) is 0 Å². The van der Waals surface area contributed by atoms with E-state index >= 15 is 0 Å². The summed E-state index contributed by atoms with van der Waals surface area (Å²) in [7, 11) is 0.